The van der Waals surface area contributed by atoms with Gasteiger partial charge in [0.2, 0.25) is 0 Å². The van der Waals surface area contributed by atoms with Gasteiger partial charge in [0.1, 0.15) is 0 Å². The molecule has 128 valence electrons. The number of carbonyl (C=O) groups is 1. The molecule has 0 saturated carbocycles. The Kier molecular flexibility index (Phi) is 7.24. The Hall–Kier alpha value is -1.20. The number of hydrogen-bond acceptors (Lipinski definition) is 3. The summed E-state index contributed by atoms with van der Waals surface area (Å²) in [7, 11) is 1.86. The quantitative estimate of drug-likeness (QED) is 0.808. The van der Waals surface area contributed by atoms with Gasteiger partial charge in [0.25, 0.3) is 0 Å². The molecule has 2 rings (SSSR count). The molecule has 0 aliphatic carbocycles. The van der Waals surface area contributed by atoms with Gasteiger partial charge in [0.05, 0.1) is 6.61 Å². The second-order valence-electron chi connectivity index (χ2n) is 6.44. The molecule has 2 amide bonds. The van der Waals surface area contributed by atoms with Gasteiger partial charge in [-0.25, -0.2) is 4.79 Å². The van der Waals surface area contributed by atoms with Gasteiger partial charge in [-0.3, -0.25) is 0 Å². The van der Waals surface area contributed by atoms with E-state index in [1.54, 1.807) is 16.7 Å². The number of hydrogen-bond donors (Lipinski definition) is 1. The van der Waals surface area contributed by atoms with Crippen molar-refractivity contribution in [3.05, 3.63) is 29.8 Å². The van der Waals surface area contributed by atoms with Crippen molar-refractivity contribution in [3.8, 4) is 0 Å². The van der Waals surface area contributed by atoms with Crippen LogP contribution in [-0.4, -0.2) is 49.5 Å². The van der Waals surface area contributed by atoms with Crippen LogP contribution in [0.5, 0.6) is 0 Å². The maximum absolute atomic E-state index is 12.2. The Labute approximate surface area is 144 Å². The van der Waals surface area contributed by atoms with Gasteiger partial charge < -0.3 is 15.0 Å². The van der Waals surface area contributed by atoms with E-state index in [4.69, 9.17) is 4.74 Å². The molecule has 0 radical (unpaired) electrons. The third-order valence-electron chi connectivity index (χ3n) is 4.02. The van der Waals surface area contributed by atoms with Crippen LogP contribution in [0.4, 0.5) is 4.79 Å². The zero-order valence-electron chi connectivity index (χ0n) is 14.4. The summed E-state index contributed by atoms with van der Waals surface area (Å²) in [4.78, 5) is 15.3. The summed E-state index contributed by atoms with van der Waals surface area (Å²) in [5.41, 5.74) is 1.27. The van der Waals surface area contributed by atoms with E-state index in [1.807, 2.05) is 7.05 Å². The van der Waals surface area contributed by atoms with Gasteiger partial charge in [0, 0.05) is 42.8 Å². The Morgan fingerprint density at radius 1 is 1.43 bits per heavy atom. The summed E-state index contributed by atoms with van der Waals surface area (Å²) in [5.74, 6) is 1.34. The average molecular weight is 337 g/mol. The molecule has 2 atom stereocenters. The number of nitrogens with one attached hydrogen (secondary N) is 1. The summed E-state index contributed by atoms with van der Waals surface area (Å²) in [5, 5.41) is 3.08. The highest BCUT2D eigenvalue weighted by atomic mass is 32.2. The lowest BCUT2D eigenvalue weighted by atomic mass is 10.0. The van der Waals surface area contributed by atoms with Crippen molar-refractivity contribution >= 4 is 17.8 Å². The minimum Gasteiger partial charge on any atom is -0.381 e. The molecule has 0 aromatic heterocycles. The number of carbonyl (C=O) groups excluding carboxylic acids is 1. The van der Waals surface area contributed by atoms with Crippen LogP contribution in [0.3, 0.4) is 0 Å². The molecule has 1 N–H and O–H groups in total. The van der Waals surface area contributed by atoms with Gasteiger partial charge in [0.15, 0.2) is 0 Å². The summed E-state index contributed by atoms with van der Waals surface area (Å²) < 4.78 is 5.48. The number of ether oxygens (including phenoxy) is 1. The first-order valence-electron chi connectivity index (χ1n) is 8.33. The summed E-state index contributed by atoms with van der Waals surface area (Å²) in [6, 6.07) is 8.64. The van der Waals surface area contributed by atoms with E-state index in [1.165, 1.54) is 10.5 Å². The van der Waals surface area contributed by atoms with Crippen LogP contribution >= 0.6 is 11.8 Å². The number of rotatable bonds is 6. The third kappa shape index (κ3) is 6.43. The van der Waals surface area contributed by atoms with Crippen LogP contribution in [-0.2, 0) is 4.74 Å². The molecule has 0 unspecified atom stereocenters. The van der Waals surface area contributed by atoms with Crippen LogP contribution in [0.1, 0.15) is 25.3 Å². The molecule has 1 aliphatic heterocycles. The number of thioether (sulfide) groups is 1. The van der Waals surface area contributed by atoms with Crippen molar-refractivity contribution in [2.45, 2.75) is 37.6 Å². The monoisotopic (exact) mass is 336 g/mol. The first-order valence-corrected chi connectivity index (χ1v) is 9.32. The molecule has 1 aromatic rings. The number of benzene rings is 1. The number of nitrogens with zero attached hydrogens (tertiary/aromatic N) is 1. The zero-order valence-corrected chi connectivity index (χ0v) is 15.2. The highest BCUT2D eigenvalue weighted by molar-refractivity contribution is 7.99. The lowest BCUT2D eigenvalue weighted by molar-refractivity contribution is 0.0457. The molecule has 1 saturated heterocycles. The van der Waals surface area contributed by atoms with Crippen LogP contribution < -0.4 is 5.32 Å². The molecule has 1 aliphatic rings. The van der Waals surface area contributed by atoms with E-state index in [-0.39, 0.29) is 12.1 Å². The molecular formula is C18H28N2O2S. The highest BCUT2D eigenvalue weighted by Crippen LogP contribution is 2.19. The normalized spacial score (nSPS) is 19.2. The Morgan fingerprint density at radius 2 is 2.17 bits per heavy atom. The van der Waals surface area contributed by atoms with Crippen molar-refractivity contribution in [2.24, 2.45) is 5.92 Å². The smallest absolute Gasteiger partial charge is 0.317 e. The van der Waals surface area contributed by atoms with Crippen LogP contribution in [0.15, 0.2) is 29.2 Å². The molecular weight excluding hydrogens is 308 g/mol. The highest BCUT2D eigenvalue weighted by Gasteiger charge is 2.19. The standard InChI is InChI=1S/C18H28N2O2S/c1-14-6-8-17(9-7-14)23-13-15(2)19-18(21)20(3)11-16-5-4-10-22-12-16/h6-9,15-16H,4-5,10-13H2,1-3H3,(H,19,21)/t15-,16-/m0/s1. The topological polar surface area (TPSA) is 41.6 Å². The fourth-order valence-corrected chi connectivity index (χ4v) is 3.49. The molecule has 0 bridgehead atoms. The Bertz CT molecular complexity index is 486. The lowest BCUT2D eigenvalue weighted by Crippen LogP contribution is -2.45. The second-order valence-corrected chi connectivity index (χ2v) is 7.53. The molecule has 1 fully saturated rings. The van der Waals surface area contributed by atoms with Crippen LogP contribution in [0.2, 0.25) is 0 Å². The van der Waals surface area contributed by atoms with E-state index >= 15 is 0 Å². The van der Waals surface area contributed by atoms with E-state index in [9.17, 15) is 4.79 Å². The fourth-order valence-electron chi connectivity index (χ4n) is 2.64. The zero-order chi connectivity index (χ0) is 16.7. The van der Waals surface area contributed by atoms with E-state index in [2.05, 4.69) is 43.4 Å². The third-order valence-corrected chi connectivity index (χ3v) is 5.30. The van der Waals surface area contributed by atoms with Gasteiger partial charge in [-0.2, -0.15) is 0 Å². The first-order chi connectivity index (χ1) is 11.0. The lowest BCUT2D eigenvalue weighted by Gasteiger charge is -2.28. The van der Waals surface area contributed by atoms with E-state index in [0.717, 1.165) is 38.4 Å². The van der Waals surface area contributed by atoms with Crippen LogP contribution in [0, 0.1) is 12.8 Å². The Morgan fingerprint density at radius 3 is 2.83 bits per heavy atom. The second kappa shape index (κ2) is 9.18. The minimum atomic E-state index is 0.00702. The molecule has 4 nitrogen and oxygen atoms in total. The maximum Gasteiger partial charge on any atom is 0.317 e. The van der Waals surface area contributed by atoms with E-state index < -0.39 is 0 Å². The Balaban J connectivity index is 1.69. The molecule has 1 aromatic carbocycles. The fraction of sp³-hybridized carbons (Fsp3) is 0.611. The number of amides is 2. The molecule has 0 spiro atoms. The average Bonchev–Trinajstić information content (AvgIpc) is 2.55. The van der Waals surface area contributed by atoms with Crippen molar-refractivity contribution in [2.75, 3.05) is 32.6 Å². The predicted molar refractivity (Wildman–Crippen MR) is 96.1 cm³/mol. The van der Waals surface area contributed by atoms with Crippen molar-refractivity contribution in [3.63, 3.8) is 0 Å². The van der Waals surface area contributed by atoms with Crippen LogP contribution in [0.25, 0.3) is 0 Å². The largest absolute Gasteiger partial charge is 0.381 e. The SMILES string of the molecule is Cc1ccc(SC[C@H](C)NC(=O)N(C)C[C@@H]2CCCOC2)cc1. The van der Waals surface area contributed by atoms with E-state index in [0.29, 0.717) is 5.92 Å². The van der Waals surface area contributed by atoms with Gasteiger partial charge in [-0.1, -0.05) is 17.7 Å². The number of aryl methyl sites for hydroxylation is 1. The molecule has 1 heterocycles. The molecule has 5 heteroatoms. The molecule has 23 heavy (non-hydrogen) atoms. The van der Waals surface area contributed by atoms with Gasteiger partial charge >= 0.3 is 6.03 Å². The number of urea groups is 1. The maximum atomic E-state index is 12.2. The minimum absolute atomic E-state index is 0.00702. The summed E-state index contributed by atoms with van der Waals surface area (Å²) in [6.45, 7) is 6.54. The summed E-state index contributed by atoms with van der Waals surface area (Å²) in [6.07, 6.45) is 2.25. The first kappa shape index (κ1) is 18.1. The van der Waals surface area contributed by atoms with Gasteiger partial charge in [-0.15, -0.1) is 11.8 Å². The predicted octanol–water partition coefficient (Wildman–Crippen LogP) is 3.54. The van der Waals surface area contributed by atoms with Crippen molar-refractivity contribution in [1.29, 1.82) is 0 Å². The van der Waals surface area contributed by atoms with Crippen molar-refractivity contribution < 1.29 is 9.53 Å². The van der Waals surface area contributed by atoms with Crippen molar-refractivity contribution in [1.82, 2.24) is 10.2 Å². The van der Waals surface area contributed by atoms with Gasteiger partial charge in [-0.05, 0) is 38.8 Å². The summed E-state index contributed by atoms with van der Waals surface area (Å²) >= 11 is 1.77.